The first-order valence-corrected chi connectivity index (χ1v) is 12.1. The third-order valence-electron chi connectivity index (χ3n) is 6.46. The first kappa shape index (κ1) is 20.6. The molecule has 3 atom stereocenters. The predicted octanol–water partition coefficient (Wildman–Crippen LogP) is 2.87. The van der Waals surface area contributed by atoms with Gasteiger partial charge in [-0.2, -0.15) is 4.31 Å². The van der Waals surface area contributed by atoms with Crippen molar-refractivity contribution in [3.8, 4) is 5.75 Å². The summed E-state index contributed by atoms with van der Waals surface area (Å²) in [6, 6.07) is 4.69. The van der Waals surface area contributed by atoms with Gasteiger partial charge in [-0.05, 0) is 62.1 Å². The Hall–Kier alpha value is -1.64. The highest BCUT2D eigenvalue weighted by Crippen LogP contribution is 2.49. The molecule has 0 radical (unpaired) electrons. The number of nitrogens with zero attached hydrogens (tertiary/aromatic N) is 1. The molecule has 3 aliphatic rings. The van der Waals surface area contributed by atoms with Crippen LogP contribution in [0, 0.1) is 17.8 Å². The molecular weight excluding hydrogens is 392 g/mol. The van der Waals surface area contributed by atoms with E-state index >= 15 is 0 Å². The number of benzene rings is 1. The van der Waals surface area contributed by atoms with E-state index in [1.54, 1.807) is 12.1 Å². The van der Waals surface area contributed by atoms with Crippen molar-refractivity contribution in [3.05, 3.63) is 18.2 Å². The Labute approximate surface area is 172 Å². The lowest BCUT2D eigenvalue weighted by atomic mass is 9.86. The van der Waals surface area contributed by atoms with E-state index < -0.39 is 10.0 Å². The molecule has 0 unspecified atom stereocenters. The largest absolute Gasteiger partial charge is 0.492 e. The molecule has 2 aliphatic carbocycles. The second-order valence-electron chi connectivity index (χ2n) is 8.29. The van der Waals surface area contributed by atoms with Gasteiger partial charge in [0.25, 0.3) is 0 Å². The number of hydrogen-bond acceptors (Lipinski definition) is 5. The molecule has 1 N–H and O–H groups in total. The van der Waals surface area contributed by atoms with Gasteiger partial charge in [0.2, 0.25) is 15.9 Å². The van der Waals surface area contributed by atoms with Crippen LogP contribution in [0.5, 0.6) is 5.75 Å². The van der Waals surface area contributed by atoms with Gasteiger partial charge in [0.05, 0.1) is 30.4 Å². The zero-order chi connectivity index (χ0) is 20.4. The molecule has 0 aromatic heterocycles. The lowest BCUT2D eigenvalue weighted by molar-refractivity contribution is -0.117. The minimum atomic E-state index is -3.63. The van der Waals surface area contributed by atoms with Crippen LogP contribution in [0.15, 0.2) is 23.1 Å². The molecule has 1 aromatic carbocycles. The Morgan fingerprint density at radius 2 is 2.03 bits per heavy atom. The van der Waals surface area contributed by atoms with Crippen molar-refractivity contribution in [3.63, 3.8) is 0 Å². The summed E-state index contributed by atoms with van der Waals surface area (Å²) in [5, 5.41) is 2.93. The molecular formula is C21H30N2O5S. The number of sulfonamides is 1. The highest BCUT2D eigenvalue weighted by molar-refractivity contribution is 7.89. The average molecular weight is 423 g/mol. The highest BCUT2D eigenvalue weighted by atomic mass is 32.2. The van der Waals surface area contributed by atoms with Crippen molar-refractivity contribution in [1.82, 2.24) is 4.31 Å². The number of amides is 1. The third-order valence-corrected chi connectivity index (χ3v) is 8.36. The summed E-state index contributed by atoms with van der Waals surface area (Å²) < 4.78 is 38.3. The first-order chi connectivity index (χ1) is 14.0. The van der Waals surface area contributed by atoms with Crippen molar-refractivity contribution in [1.29, 1.82) is 0 Å². The molecule has 4 rings (SSSR count). The summed E-state index contributed by atoms with van der Waals surface area (Å²) in [5.74, 6) is 2.34. The van der Waals surface area contributed by atoms with E-state index in [2.05, 4.69) is 5.32 Å². The van der Waals surface area contributed by atoms with Crippen LogP contribution >= 0.6 is 0 Å². The van der Waals surface area contributed by atoms with Gasteiger partial charge in [-0.25, -0.2) is 8.42 Å². The van der Waals surface area contributed by atoms with E-state index in [1.807, 2.05) is 6.92 Å². The molecule has 2 bridgehead atoms. The summed E-state index contributed by atoms with van der Waals surface area (Å²) in [7, 11) is -3.63. The molecule has 1 aliphatic heterocycles. The van der Waals surface area contributed by atoms with E-state index in [-0.39, 0.29) is 10.8 Å². The fourth-order valence-corrected chi connectivity index (χ4v) is 6.49. The lowest BCUT2D eigenvalue weighted by Crippen LogP contribution is -2.40. The SMILES string of the molecule is CCOc1ccc(S(=O)(=O)N2CCOCC2)cc1NC(=O)C[C@@H]1C[C@H]2CC[C@H]1C2. The number of morpholine rings is 1. The van der Waals surface area contributed by atoms with E-state index in [9.17, 15) is 13.2 Å². The first-order valence-electron chi connectivity index (χ1n) is 10.6. The quantitative estimate of drug-likeness (QED) is 0.730. The van der Waals surface area contributed by atoms with Crippen LogP contribution < -0.4 is 10.1 Å². The van der Waals surface area contributed by atoms with Crippen LogP contribution in [0.1, 0.15) is 39.0 Å². The third kappa shape index (κ3) is 4.44. The van der Waals surface area contributed by atoms with Gasteiger partial charge in [0, 0.05) is 19.5 Å². The fourth-order valence-electron chi connectivity index (χ4n) is 5.05. The van der Waals surface area contributed by atoms with E-state index in [0.29, 0.717) is 62.6 Å². The molecule has 29 heavy (non-hydrogen) atoms. The van der Waals surface area contributed by atoms with Crippen LogP contribution in [0.25, 0.3) is 0 Å². The number of rotatable bonds is 7. The van der Waals surface area contributed by atoms with Gasteiger partial charge in [-0.3, -0.25) is 4.79 Å². The maximum Gasteiger partial charge on any atom is 0.243 e. The second-order valence-corrected chi connectivity index (χ2v) is 10.2. The van der Waals surface area contributed by atoms with E-state index in [4.69, 9.17) is 9.47 Å². The van der Waals surface area contributed by atoms with Gasteiger partial charge < -0.3 is 14.8 Å². The Balaban J connectivity index is 1.51. The molecule has 1 saturated heterocycles. The zero-order valence-electron chi connectivity index (χ0n) is 16.9. The maximum absolute atomic E-state index is 13.0. The fraction of sp³-hybridized carbons (Fsp3) is 0.667. The Bertz CT molecular complexity index is 851. The molecule has 0 spiro atoms. The number of hydrogen-bond donors (Lipinski definition) is 1. The van der Waals surface area contributed by atoms with Crippen LogP contribution in [0.4, 0.5) is 5.69 Å². The number of fused-ring (bicyclic) bond motifs is 2. The van der Waals surface area contributed by atoms with Gasteiger partial charge in [0.15, 0.2) is 0 Å². The summed E-state index contributed by atoms with van der Waals surface area (Å²) >= 11 is 0. The molecule has 8 heteroatoms. The van der Waals surface area contributed by atoms with Crippen molar-refractivity contribution in [2.75, 3.05) is 38.2 Å². The summed E-state index contributed by atoms with van der Waals surface area (Å²) in [5.41, 5.74) is 0.425. The van der Waals surface area contributed by atoms with E-state index in [1.165, 1.54) is 29.6 Å². The highest BCUT2D eigenvalue weighted by Gasteiger charge is 2.40. The van der Waals surface area contributed by atoms with Crippen molar-refractivity contribution in [2.45, 2.75) is 43.9 Å². The Morgan fingerprint density at radius 1 is 1.24 bits per heavy atom. The summed E-state index contributed by atoms with van der Waals surface area (Å²) in [4.78, 5) is 12.9. The van der Waals surface area contributed by atoms with Crippen molar-refractivity contribution in [2.24, 2.45) is 17.8 Å². The zero-order valence-corrected chi connectivity index (χ0v) is 17.7. The second kappa shape index (κ2) is 8.62. The number of carbonyl (C=O) groups is 1. The minimum absolute atomic E-state index is 0.0653. The molecule has 1 heterocycles. The molecule has 160 valence electrons. The lowest BCUT2D eigenvalue weighted by Gasteiger charge is -2.26. The Kier molecular flexibility index (Phi) is 6.13. The number of anilines is 1. The van der Waals surface area contributed by atoms with Gasteiger partial charge in [-0.1, -0.05) is 6.42 Å². The normalized spacial score (nSPS) is 27.1. The van der Waals surface area contributed by atoms with Crippen LogP contribution in [0.3, 0.4) is 0 Å². The molecule has 2 saturated carbocycles. The summed E-state index contributed by atoms with van der Waals surface area (Å²) in [6.45, 7) is 3.75. The van der Waals surface area contributed by atoms with Gasteiger partial charge >= 0.3 is 0 Å². The monoisotopic (exact) mass is 422 g/mol. The molecule has 1 aromatic rings. The maximum atomic E-state index is 13.0. The number of carbonyl (C=O) groups excluding carboxylic acids is 1. The molecule has 3 fully saturated rings. The van der Waals surface area contributed by atoms with Crippen molar-refractivity contribution >= 4 is 21.6 Å². The smallest absolute Gasteiger partial charge is 0.243 e. The van der Waals surface area contributed by atoms with Gasteiger partial charge in [-0.15, -0.1) is 0 Å². The topological polar surface area (TPSA) is 84.9 Å². The summed E-state index contributed by atoms with van der Waals surface area (Å²) in [6.07, 6.45) is 5.43. The van der Waals surface area contributed by atoms with Crippen LogP contribution in [-0.2, 0) is 19.6 Å². The van der Waals surface area contributed by atoms with E-state index in [0.717, 1.165) is 12.3 Å². The van der Waals surface area contributed by atoms with Crippen LogP contribution in [-0.4, -0.2) is 51.5 Å². The average Bonchev–Trinajstić information content (AvgIpc) is 3.33. The number of nitrogens with one attached hydrogen (secondary N) is 1. The standard InChI is InChI=1S/C21H30N2O5S/c1-2-28-20-6-5-18(29(25,26)23-7-9-27-10-8-23)14-19(20)22-21(24)13-17-12-15-3-4-16(17)11-15/h5-6,14-17H,2-4,7-13H2,1H3,(H,22,24)/t15-,16-,17-/m0/s1. The van der Waals surface area contributed by atoms with Crippen LogP contribution in [0.2, 0.25) is 0 Å². The minimum Gasteiger partial charge on any atom is -0.492 e. The van der Waals surface area contributed by atoms with Gasteiger partial charge in [0.1, 0.15) is 5.75 Å². The molecule has 1 amide bonds. The molecule has 7 nitrogen and oxygen atoms in total. The number of ether oxygens (including phenoxy) is 2. The van der Waals surface area contributed by atoms with Crippen molar-refractivity contribution < 1.29 is 22.7 Å². The predicted molar refractivity (Wildman–Crippen MR) is 109 cm³/mol. The Morgan fingerprint density at radius 3 is 2.69 bits per heavy atom.